The van der Waals surface area contributed by atoms with Crippen LogP contribution in [0.4, 0.5) is 4.39 Å². The van der Waals surface area contributed by atoms with Crippen LogP contribution in [0.15, 0.2) is 22.7 Å². The molecule has 1 atom stereocenters. The summed E-state index contributed by atoms with van der Waals surface area (Å²) in [5.74, 6) is -1.15. The van der Waals surface area contributed by atoms with Crippen molar-refractivity contribution in [2.45, 2.75) is 32.4 Å². The number of hydrogen-bond acceptors (Lipinski definition) is 2. The van der Waals surface area contributed by atoms with Crippen LogP contribution in [0.5, 0.6) is 0 Å². The third kappa shape index (κ3) is 3.26. The Morgan fingerprint density at radius 3 is 2.59 bits per heavy atom. The maximum Gasteiger partial charge on any atom is 0.255 e. The van der Waals surface area contributed by atoms with Gasteiger partial charge in [0.25, 0.3) is 5.91 Å². The zero-order valence-electron chi connectivity index (χ0n) is 9.92. The van der Waals surface area contributed by atoms with Gasteiger partial charge in [-0.3, -0.25) is 4.79 Å². The molecule has 0 heterocycles. The molecule has 0 aliphatic rings. The fourth-order valence-electron chi connectivity index (χ4n) is 1.17. The Morgan fingerprint density at radius 2 is 2.12 bits per heavy atom. The van der Waals surface area contributed by atoms with E-state index in [9.17, 15) is 14.3 Å². The predicted octanol–water partition coefficient (Wildman–Crippen LogP) is 2.48. The minimum absolute atomic E-state index is 0.0544. The number of hydrogen-bond donors (Lipinski definition) is 2. The van der Waals surface area contributed by atoms with E-state index in [0.717, 1.165) is 0 Å². The van der Waals surface area contributed by atoms with E-state index in [1.54, 1.807) is 26.8 Å². The first-order valence-corrected chi connectivity index (χ1v) is 5.99. The van der Waals surface area contributed by atoms with Gasteiger partial charge in [-0.05, 0) is 48.8 Å². The summed E-state index contributed by atoms with van der Waals surface area (Å²) in [6.07, 6.45) is -0.739. The minimum atomic E-state index is -0.821. The largest absolute Gasteiger partial charge is 0.391 e. The number of halogens is 2. The lowest BCUT2D eigenvalue weighted by atomic mass is 9.98. The lowest BCUT2D eigenvalue weighted by Gasteiger charge is -2.29. The SMILES string of the molecule is CC(O)C(C)(C)NC(=O)c1c(F)cccc1Br. The molecule has 0 aliphatic carbocycles. The van der Waals surface area contributed by atoms with Gasteiger partial charge < -0.3 is 10.4 Å². The number of rotatable bonds is 3. The Morgan fingerprint density at radius 1 is 1.53 bits per heavy atom. The highest BCUT2D eigenvalue weighted by molar-refractivity contribution is 9.10. The van der Waals surface area contributed by atoms with E-state index in [1.165, 1.54) is 12.1 Å². The Bertz CT molecular complexity index is 412. The van der Waals surface area contributed by atoms with Gasteiger partial charge in [-0.2, -0.15) is 0 Å². The maximum atomic E-state index is 13.5. The molecule has 94 valence electrons. The second-order valence-electron chi connectivity index (χ2n) is 4.45. The smallest absolute Gasteiger partial charge is 0.255 e. The summed E-state index contributed by atoms with van der Waals surface area (Å²) in [5.41, 5.74) is -0.875. The number of nitrogens with one attached hydrogen (secondary N) is 1. The van der Waals surface area contributed by atoms with E-state index >= 15 is 0 Å². The summed E-state index contributed by atoms with van der Waals surface area (Å²) in [4.78, 5) is 11.9. The van der Waals surface area contributed by atoms with Gasteiger partial charge in [-0.1, -0.05) is 6.07 Å². The van der Waals surface area contributed by atoms with Gasteiger partial charge in [0, 0.05) is 4.47 Å². The molecule has 1 rings (SSSR count). The third-order valence-corrected chi connectivity index (χ3v) is 3.33. The Labute approximate surface area is 108 Å². The van der Waals surface area contributed by atoms with E-state index < -0.39 is 23.4 Å². The van der Waals surface area contributed by atoms with Crippen LogP contribution < -0.4 is 5.32 Å². The highest BCUT2D eigenvalue weighted by Crippen LogP contribution is 2.20. The standard InChI is InChI=1S/C12H15BrFNO2/c1-7(16)12(2,3)15-11(17)10-8(13)5-4-6-9(10)14/h4-7,16H,1-3H3,(H,15,17). The number of carbonyl (C=O) groups is 1. The van der Waals surface area contributed by atoms with Crippen molar-refractivity contribution >= 4 is 21.8 Å². The van der Waals surface area contributed by atoms with Crippen molar-refractivity contribution in [3.8, 4) is 0 Å². The second kappa shape index (κ2) is 5.14. The topological polar surface area (TPSA) is 49.3 Å². The second-order valence-corrected chi connectivity index (χ2v) is 5.30. The quantitative estimate of drug-likeness (QED) is 0.901. The molecule has 1 aromatic rings. The normalized spacial score (nSPS) is 13.3. The summed E-state index contributed by atoms with van der Waals surface area (Å²) in [6.45, 7) is 4.91. The van der Waals surface area contributed by atoms with Crippen LogP contribution in [0.2, 0.25) is 0 Å². The average molecular weight is 304 g/mol. The van der Waals surface area contributed by atoms with Crippen LogP contribution in [0, 0.1) is 5.82 Å². The van der Waals surface area contributed by atoms with Crippen LogP contribution >= 0.6 is 15.9 Å². The molecule has 3 nitrogen and oxygen atoms in total. The molecule has 0 radical (unpaired) electrons. The van der Waals surface area contributed by atoms with Gasteiger partial charge >= 0.3 is 0 Å². The van der Waals surface area contributed by atoms with Gasteiger partial charge in [0.1, 0.15) is 5.82 Å². The van der Waals surface area contributed by atoms with Crippen molar-refractivity contribution in [3.05, 3.63) is 34.1 Å². The number of aliphatic hydroxyl groups excluding tert-OH is 1. The van der Waals surface area contributed by atoms with Gasteiger partial charge in [-0.15, -0.1) is 0 Å². The van der Waals surface area contributed by atoms with E-state index in [4.69, 9.17) is 0 Å². The van der Waals surface area contributed by atoms with Crippen LogP contribution in [0.3, 0.4) is 0 Å². The molecule has 1 aromatic carbocycles. The van der Waals surface area contributed by atoms with Crippen molar-refractivity contribution in [2.75, 3.05) is 0 Å². The van der Waals surface area contributed by atoms with Crippen molar-refractivity contribution in [3.63, 3.8) is 0 Å². The van der Waals surface area contributed by atoms with Crippen molar-refractivity contribution in [2.24, 2.45) is 0 Å². The molecule has 17 heavy (non-hydrogen) atoms. The predicted molar refractivity (Wildman–Crippen MR) is 67.3 cm³/mol. The number of aliphatic hydroxyl groups is 1. The Kier molecular flexibility index (Phi) is 4.27. The molecule has 5 heteroatoms. The van der Waals surface area contributed by atoms with E-state index in [1.807, 2.05) is 0 Å². The fraction of sp³-hybridized carbons (Fsp3) is 0.417. The molecule has 0 saturated carbocycles. The maximum absolute atomic E-state index is 13.5. The molecule has 0 bridgehead atoms. The molecule has 1 unspecified atom stereocenters. The lowest BCUT2D eigenvalue weighted by molar-refractivity contribution is 0.0705. The fourth-order valence-corrected chi connectivity index (χ4v) is 1.70. The molecule has 0 saturated heterocycles. The molecular formula is C12H15BrFNO2. The van der Waals surface area contributed by atoms with Gasteiger partial charge in [0.15, 0.2) is 0 Å². The van der Waals surface area contributed by atoms with Crippen molar-refractivity contribution in [1.82, 2.24) is 5.32 Å². The summed E-state index contributed by atoms with van der Waals surface area (Å²) in [6, 6.07) is 4.32. The molecule has 0 fully saturated rings. The first-order chi connectivity index (χ1) is 7.75. The lowest BCUT2D eigenvalue weighted by Crippen LogP contribution is -2.51. The average Bonchev–Trinajstić information content (AvgIpc) is 2.15. The number of amides is 1. The van der Waals surface area contributed by atoms with Crippen LogP contribution in [-0.2, 0) is 0 Å². The van der Waals surface area contributed by atoms with E-state index in [-0.39, 0.29) is 5.56 Å². The summed E-state index contributed by atoms with van der Waals surface area (Å²) < 4.78 is 13.9. The first-order valence-electron chi connectivity index (χ1n) is 5.20. The molecular weight excluding hydrogens is 289 g/mol. The highest BCUT2D eigenvalue weighted by Gasteiger charge is 2.28. The van der Waals surface area contributed by atoms with Crippen molar-refractivity contribution < 1.29 is 14.3 Å². The molecule has 1 amide bonds. The molecule has 2 N–H and O–H groups in total. The van der Waals surface area contributed by atoms with Crippen LogP contribution in [0.1, 0.15) is 31.1 Å². The highest BCUT2D eigenvalue weighted by atomic mass is 79.9. The summed E-state index contributed by atoms with van der Waals surface area (Å²) in [7, 11) is 0. The zero-order valence-corrected chi connectivity index (χ0v) is 11.5. The van der Waals surface area contributed by atoms with E-state index in [0.29, 0.717) is 4.47 Å². The monoisotopic (exact) mass is 303 g/mol. The number of carbonyl (C=O) groups excluding carboxylic acids is 1. The molecule has 0 aromatic heterocycles. The minimum Gasteiger partial charge on any atom is -0.391 e. The molecule has 0 aliphatic heterocycles. The number of benzene rings is 1. The zero-order chi connectivity index (χ0) is 13.2. The van der Waals surface area contributed by atoms with Crippen molar-refractivity contribution in [1.29, 1.82) is 0 Å². The van der Waals surface area contributed by atoms with E-state index in [2.05, 4.69) is 21.2 Å². The van der Waals surface area contributed by atoms with Crippen LogP contribution in [0.25, 0.3) is 0 Å². The summed E-state index contributed by atoms with van der Waals surface area (Å²) >= 11 is 3.13. The third-order valence-electron chi connectivity index (χ3n) is 2.67. The van der Waals surface area contributed by atoms with Gasteiger partial charge in [-0.25, -0.2) is 4.39 Å². The Hall–Kier alpha value is -0.940. The first kappa shape index (κ1) is 14.1. The van der Waals surface area contributed by atoms with Gasteiger partial charge in [0.2, 0.25) is 0 Å². The summed E-state index contributed by atoms with van der Waals surface area (Å²) in [5, 5.41) is 12.1. The van der Waals surface area contributed by atoms with Crippen LogP contribution in [-0.4, -0.2) is 22.7 Å². The Balaban J connectivity index is 2.99. The molecule has 0 spiro atoms. The van der Waals surface area contributed by atoms with Gasteiger partial charge in [0.05, 0.1) is 17.2 Å².